The van der Waals surface area contributed by atoms with Crippen LogP contribution in [0.5, 0.6) is 0 Å². The minimum Gasteiger partial charge on any atom is -0.465 e. The molecule has 0 amide bonds. The molecular weight excluding hydrogens is 1390 g/mol. The van der Waals surface area contributed by atoms with Crippen molar-refractivity contribution in [2.75, 3.05) is 79.3 Å². The molecule has 110 heavy (non-hydrogen) atoms. The number of hydrogen-bond donors (Lipinski definition) is 2. The third-order valence-corrected chi connectivity index (χ3v) is 21.0. The van der Waals surface area contributed by atoms with Crippen LogP contribution in [0.1, 0.15) is 465 Å². The first kappa shape index (κ1) is 108. The Morgan fingerprint density at radius 1 is 0.300 bits per heavy atom. The molecule has 2 aliphatic heterocycles. The molecule has 0 aromatic rings. The van der Waals surface area contributed by atoms with Crippen molar-refractivity contribution < 1.29 is 86.3 Å². The summed E-state index contributed by atoms with van der Waals surface area (Å²) in [5.41, 5.74) is -2.29. The highest BCUT2D eigenvalue weighted by molar-refractivity contribution is 5.78. The van der Waals surface area contributed by atoms with Crippen LogP contribution >= 0.6 is 0 Å². The summed E-state index contributed by atoms with van der Waals surface area (Å²) in [5.74, 6) is -0.951. The van der Waals surface area contributed by atoms with E-state index in [2.05, 4.69) is 37.2 Å². The van der Waals surface area contributed by atoms with Gasteiger partial charge in [-0.05, 0) is 39.5 Å². The summed E-state index contributed by atoms with van der Waals surface area (Å²) in [6, 6.07) is 0. The Hall–Kier alpha value is -4.06. The SMILES string of the molecule is CCCCCCCCCCCCCCCCCCO.CCCCCCCCCCCCCCCCCCOC(=O)C1(C)COC(=O)OC1.CCCCCCCCCCCCCCCCCCOC(=O)OCC(C)(COC(=O)OCCCO)C(=O)OCCCCCCCCCCCCCCCCCC.O=C1OCCCO1. The van der Waals surface area contributed by atoms with Crippen LogP contribution in [0.4, 0.5) is 19.2 Å². The summed E-state index contributed by atoms with van der Waals surface area (Å²) in [6.45, 7) is 13.9. The molecule has 0 radical (unpaired) electrons. The molecule has 1 atom stereocenters. The molecule has 2 rings (SSSR count). The molecule has 2 N–H and O–H groups in total. The van der Waals surface area contributed by atoms with E-state index in [0.717, 1.165) is 64.2 Å². The lowest BCUT2D eigenvalue weighted by molar-refractivity contribution is -0.166. The topological polar surface area (TPSA) is 235 Å². The summed E-state index contributed by atoms with van der Waals surface area (Å²) in [6.07, 6.45) is 81.8. The van der Waals surface area contributed by atoms with Gasteiger partial charge in [0, 0.05) is 26.1 Å². The fraction of sp³-hybridized carbons (Fsp3) is 0.935. The van der Waals surface area contributed by atoms with Gasteiger partial charge in [0.2, 0.25) is 0 Å². The molecule has 2 aliphatic rings. The molecule has 0 aliphatic carbocycles. The van der Waals surface area contributed by atoms with E-state index in [1.165, 1.54) is 360 Å². The summed E-state index contributed by atoms with van der Waals surface area (Å²) in [7, 11) is 0. The normalized spacial score (nSPS) is 13.5. The van der Waals surface area contributed by atoms with Gasteiger partial charge in [-0.3, -0.25) is 9.59 Å². The summed E-state index contributed by atoms with van der Waals surface area (Å²) in [4.78, 5) is 70.5. The zero-order valence-corrected chi connectivity index (χ0v) is 72.6. The number of ether oxygens (including phenoxy) is 10. The Balaban J connectivity index is 0. The van der Waals surface area contributed by atoms with Crippen molar-refractivity contribution in [2.24, 2.45) is 10.8 Å². The van der Waals surface area contributed by atoms with Crippen molar-refractivity contribution in [3.05, 3.63) is 0 Å². The monoisotopic (exact) mass is 1570 g/mol. The predicted octanol–water partition coefficient (Wildman–Crippen LogP) is 27.5. The van der Waals surface area contributed by atoms with Crippen LogP contribution in [0.2, 0.25) is 0 Å². The Morgan fingerprint density at radius 3 is 0.764 bits per heavy atom. The third kappa shape index (κ3) is 79.2. The van der Waals surface area contributed by atoms with Crippen LogP contribution in [0.15, 0.2) is 0 Å². The van der Waals surface area contributed by atoms with Gasteiger partial charge in [0.15, 0.2) is 0 Å². The molecule has 18 heteroatoms. The Labute approximate surface area is 675 Å². The molecule has 0 aromatic heterocycles. The second kappa shape index (κ2) is 87.3. The van der Waals surface area contributed by atoms with E-state index < -0.39 is 41.4 Å². The Kier molecular flexibility index (Phi) is 85.7. The second-order valence-corrected chi connectivity index (χ2v) is 32.3. The zero-order valence-electron chi connectivity index (χ0n) is 72.6. The number of carbonyl (C=O) groups is 6. The van der Waals surface area contributed by atoms with E-state index in [4.69, 9.17) is 48.1 Å². The van der Waals surface area contributed by atoms with Crippen molar-refractivity contribution in [3.8, 4) is 0 Å². The largest absolute Gasteiger partial charge is 0.508 e. The number of unbranched alkanes of at least 4 members (excludes halogenated alkanes) is 60. The number of hydrogen-bond acceptors (Lipinski definition) is 18. The number of rotatable bonds is 76. The lowest BCUT2D eigenvalue weighted by Gasteiger charge is -2.29. The first-order valence-electron chi connectivity index (χ1n) is 46.5. The maximum absolute atomic E-state index is 13.1. The quantitative estimate of drug-likeness (QED) is 0.0327. The highest BCUT2D eigenvalue weighted by atomic mass is 16.7. The minimum absolute atomic E-state index is 0.00205. The lowest BCUT2D eigenvalue weighted by atomic mass is 9.93. The van der Waals surface area contributed by atoms with E-state index in [9.17, 15) is 28.8 Å². The van der Waals surface area contributed by atoms with Gasteiger partial charge in [0.05, 0.1) is 39.6 Å². The summed E-state index contributed by atoms with van der Waals surface area (Å²) < 4.78 is 49.9. The molecular formula is C92H176O18. The fourth-order valence-corrected chi connectivity index (χ4v) is 13.4. The molecule has 18 nitrogen and oxygen atoms in total. The standard InChI is InChI=1S/C46H88O9.C24H44O5.C18H38O.C4H6O3/c1-4-6-8-10-12-14-16-18-20-22-24-26-28-30-32-34-38-51-43(48)46(3,42-55-45(50)53-40-36-37-47)41-54-44(49)52-39-35-33-31-29-27-25-23-21-19-17-15-13-11-9-7-5-2;1-3-4-5-6-7-8-9-10-11-12-13-14-15-16-17-18-19-27-22(25)24(2)20-28-23(26)29-21-24;1-2-3-4-5-6-7-8-9-10-11-12-13-14-15-16-17-18-19;5-4-6-2-1-3-7-4/h47H,4-42H2,1-3H3;3-21H2,1-2H3;19H,2-18H2,1H3;1-3H2. The molecule has 2 saturated heterocycles. The number of carbonyl (C=O) groups excluding carboxylic acids is 6. The van der Waals surface area contributed by atoms with Crippen LogP contribution in [0, 0.1) is 10.8 Å². The first-order valence-corrected chi connectivity index (χ1v) is 46.5. The molecule has 0 spiro atoms. The highest BCUT2D eigenvalue weighted by Crippen LogP contribution is 2.26. The Bertz CT molecular complexity index is 1940. The molecule has 0 aromatic carbocycles. The van der Waals surface area contributed by atoms with Crippen LogP contribution in [0.25, 0.3) is 0 Å². The van der Waals surface area contributed by atoms with E-state index in [0.29, 0.717) is 26.4 Å². The van der Waals surface area contributed by atoms with Gasteiger partial charge < -0.3 is 57.6 Å². The third-order valence-electron chi connectivity index (χ3n) is 21.0. The molecule has 0 bridgehead atoms. The number of cyclic esters (lactones) is 4. The molecule has 2 fully saturated rings. The van der Waals surface area contributed by atoms with Crippen molar-refractivity contribution >= 4 is 36.6 Å². The second-order valence-electron chi connectivity index (χ2n) is 32.3. The summed E-state index contributed by atoms with van der Waals surface area (Å²) >= 11 is 0. The van der Waals surface area contributed by atoms with E-state index >= 15 is 0 Å². The van der Waals surface area contributed by atoms with Crippen LogP contribution < -0.4 is 0 Å². The van der Waals surface area contributed by atoms with Crippen molar-refractivity contribution in [3.63, 3.8) is 0 Å². The first-order chi connectivity index (χ1) is 53.8. The minimum atomic E-state index is -1.42. The lowest BCUT2D eigenvalue weighted by Crippen LogP contribution is -2.44. The predicted molar refractivity (Wildman–Crippen MR) is 449 cm³/mol. The Morgan fingerprint density at radius 2 is 0.518 bits per heavy atom. The molecule has 1 unspecified atom stereocenters. The van der Waals surface area contributed by atoms with Gasteiger partial charge in [-0.2, -0.15) is 0 Å². The number of esters is 2. The van der Waals surface area contributed by atoms with Gasteiger partial charge >= 0.3 is 36.6 Å². The van der Waals surface area contributed by atoms with Crippen molar-refractivity contribution in [2.45, 2.75) is 465 Å². The van der Waals surface area contributed by atoms with Gasteiger partial charge in [-0.25, -0.2) is 19.2 Å². The average Bonchev–Trinajstić information content (AvgIpc) is 0.841. The van der Waals surface area contributed by atoms with E-state index in [1.54, 1.807) is 6.92 Å². The zero-order chi connectivity index (χ0) is 80.7. The van der Waals surface area contributed by atoms with Gasteiger partial charge in [-0.1, -0.05) is 413 Å². The maximum Gasteiger partial charge on any atom is 0.508 e. The van der Waals surface area contributed by atoms with E-state index in [-0.39, 0.29) is 65.2 Å². The smallest absolute Gasteiger partial charge is 0.465 e. The van der Waals surface area contributed by atoms with Crippen LogP contribution in [-0.4, -0.2) is 126 Å². The average molecular weight is 1570 g/mol. The molecule has 0 saturated carbocycles. The molecule has 652 valence electrons. The number of aliphatic hydroxyl groups is 2. The highest BCUT2D eigenvalue weighted by Gasteiger charge is 2.42. The van der Waals surface area contributed by atoms with Crippen molar-refractivity contribution in [1.29, 1.82) is 0 Å². The summed E-state index contributed by atoms with van der Waals surface area (Å²) in [5, 5.41) is 17.6. The molecule has 2 heterocycles. The van der Waals surface area contributed by atoms with Gasteiger partial charge in [-0.15, -0.1) is 0 Å². The maximum atomic E-state index is 13.1. The number of aliphatic hydroxyl groups excluding tert-OH is 2. The van der Waals surface area contributed by atoms with E-state index in [1.807, 2.05) is 0 Å². The van der Waals surface area contributed by atoms with Crippen molar-refractivity contribution in [1.82, 2.24) is 0 Å². The fourth-order valence-electron chi connectivity index (χ4n) is 13.4. The van der Waals surface area contributed by atoms with Gasteiger partial charge in [0.25, 0.3) is 0 Å². The van der Waals surface area contributed by atoms with Gasteiger partial charge in [0.1, 0.15) is 37.3 Å². The van der Waals surface area contributed by atoms with Crippen LogP contribution in [0.3, 0.4) is 0 Å². The van der Waals surface area contributed by atoms with Crippen LogP contribution in [-0.2, 0) is 57.0 Å².